The zero-order valence-electron chi connectivity index (χ0n) is 19.3. The van der Waals surface area contributed by atoms with Crippen LogP contribution in [0.4, 0.5) is 0 Å². The summed E-state index contributed by atoms with van der Waals surface area (Å²) in [6.45, 7) is 13.2. The van der Waals surface area contributed by atoms with Gasteiger partial charge in [-0.2, -0.15) is 0 Å². The second-order valence-electron chi connectivity index (χ2n) is 9.76. The second kappa shape index (κ2) is 11.1. The average molecular weight is 416 g/mol. The molecule has 0 saturated carbocycles. The fraction of sp³-hybridized carbons (Fsp3) is 0.720. The van der Waals surface area contributed by atoms with Crippen molar-refractivity contribution >= 4 is 5.96 Å². The van der Waals surface area contributed by atoms with E-state index in [4.69, 9.17) is 14.5 Å². The van der Waals surface area contributed by atoms with Gasteiger partial charge in [-0.3, -0.25) is 4.99 Å². The Morgan fingerprint density at radius 1 is 1.00 bits per heavy atom. The first-order valence-corrected chi connectivity index (χ1v) is 11.8. The highest BCUT2D eigenvalue weighted by Gasteiger charge is 2.35. The third-order valence-electron chi connectivity index (χ3n) is 6.23. The summed E-state index contributed by atoms with van der Waals surface area (Å²) in [5.41, 5.74) is 1.42. The molecule has 2 saturated heterocycles. The molecule has 2 N–H and O–H groups in total. The lowest BCUT2D eigenvalue weighted by Gasteiger charge is -2.40. The first kappa shape index (κ1) is 23.1. The van der Waals surface area contributed by atoms with Crippen molar-refractivity contribution < 1.29 is 9.47 Å². The van der Waals surface area contributed by atoms with E-state index in [2.05, 4.69) is 68.7 Å². The van der Waals surface area contributed by atoms with Gasteiger partial charge in [0.1, 0.15) is 0 Å². The minimum Gasteiger partial charge on any atom is -0.377 e. The van der Waals surface area contributed by atoms with Crippen molar-refractivity contribution in [3.05, 3.63) is 35.9 Å². The van der Waals surface area contributed by atoms with Crippen LogP contribution in [-0.2, 0) is 9.47 Å². The number of nitrogens with zero attached hydrogens (tertiary/aromatic N) is 1. The largest absolute Gasteiger partial charge is 0.377 e. The standard InChI is InChI=1S/C25H41N3O2/c1-5-26-24(28-18-21-14-10-16-30-23(21)25(2,3)4)27-17-20-13-9-15-29-22(20)19-11-7-6-8-12-19/h6-8,11-12,20-23H,5,9-10,13-18H2,1-4H3,(H2,26,27,28). The van der Waals surface area contributed by atoms with Crippen molar-refractivity contribution in [1.29, 1.82) is 0 Å². The van der Waals surface area contributed by atoms with E-state index in [-0.39, 0.29) is 17.6 Å². The molecule has 1 aromatic rings. The topological polar surface area (TPSA) is 54.9 Å². The maximum atomic E-state index is 6.15. The predicted molar refractivity (Wildman–Crippen MR) is 124 cm³/mol. The first-order valence-electron chi connectivity index (χ1n) is 11.8. The van der Waals surface area contributed by atoms with Crippen LogP contribution in [0.3, 0.4) is 0 Å². The van der Waals surface area contributed by atoms with Crippen LogP contribution < -0.4 is 10.6 Å². The molecule has 1 aromatic carbocycles. The maximum absolute atomic E-state index is 6.15. The van der Waals surface area contributed by atoms with Gasteiger partial charge in [-0.15, -0.1) is 0 Å². The van der Waals surface area contributed by atoms with Crippen LogP contribution >= 0.6 is 0 Å². The van der Waals surface area contributed by atoms with Gasteiger partial charge in [-0.25, -0.2) is 0 Å². The van der Waals surface area contributed by atoms with Crippen LogP contribution in [0.2, 0.25) is 0 Å². The highest BCUT2D eigenvalue weighted by Crippen LogP contribution is 2.34. The molecule has 30 heavy (non-hydrogen) atoms. The average Bonchev–Trinajstić information content (AvgIpc) is 2.76. The molecule has 0 bridgehead atoms. The zero-order chi connectivity index (χ0) is 21.4. The zero-order valence-corrected chi connectivity index (χ0v) is 19.3. The van der Waals surface area contributed by atoms with E-state index in [1.807, 2.05) is 0 Å². The number of hydrogen-bond acceptors (Lipinski definition) is 3. The fourth-order valence-electron chi connectivity index (χ4n) is 4.83. The Balaban J connectivity index is 1.62. The molecular formula is C25H41N3O2. The lowest BCUT2D eigenvalue weighted by Crippen LogP contribution is -2.47. The van der Waals surface area contributed by atoms with Gasteiger partial charge in [0.15, 0.2) is 5.96 Å². The Hall–Kier alpha value is -1.59. The lowest BCUT2D eigenvalue weighted by atomic mass is 9.78. The van der Waals surface area contributed by atoms with Crippen LogP contribution in [0, 0.1) is 17.3 Å². The summed E-state index contributed by atoms with van der Waals surface area (Å²) in [5, 5.41) is 7.03. The monoisotopic (exact) mass is 415 g/mol. The molecule has 5 heteroatoms. The Bertz CT molecular complexity index is 656. The van der Waals surface area contributed by atoms with Gasteiger partial charge in [0.25, 0.3) is 0 Å². The summed E-state index contributed by atoms with van der Waals surface area (Å²) < 4.78 is 12.3. The Morgan fingerprint density at radius 3 is 2.40 bits per heavy atom. The summed E-state index contributed by atoms with van der Waals surface area (Å²) >= 11 is 0. The molecule has 2 aliphatic heterocycles. The second-order valence-corrected chi connectivity index (χ2v) is 9.76. The summed E-state index contributed by atoms with van der Waals surface area (Å²) in [4.78, 5) is 4.96. The molecule has 3 rings (SSSR count). The fourth-order valence-corrected chi connectivity index (χ4v) is 4.83. The molecule has 4 atom stereocenters. The maximum Gasteiger partial charge on any atom is 0.191 e. The van der Waals surface area contributed by atoms with Crippen LogP contribution in [0.15, 0.2) is 35.3 Å². The molecule has 168 valence electrons. The summed E-state index contributed by atoms with van der Waals surface area (Å²) in [5.74, 6) is 1.84. The van der Waals surface area contributed by atoms with Crippen molar-refractivity contribution in [1.82, 2.24) is 10.6 Å². The molecule has 5 nitrogen and oxygen atoms in total. The number of rotatable bonds is 6. The van der Waals surface area contributed by atoms with E-state index in [9.17, 15) is 0 Å². The molecule has 0 aliphatic carbocycles. The SMILES string of the molecule is CCNC(=NCC1CCCOC1c1ccccc1)NCC1CCCOC1C(C)(C)C. The Morgan fingerprint density at radius 2 is 1.70 bits per heavy atom. The highest BCUT2D eigenvalue weighted by atomic mass is 16.5. The van der Waals surface area contributed by atoms with Gasteiger partial charge in [0, 0.05) is 44.7 Å². The van der Waals surface area contributed by atoms with Gasteiger partial charge in [-0.1, -0.05) is 51.1 Å². The van der Waals surface area contributed by atoms with Crippen molar-refractivity contribution in [2.75, 3.05) is 32.8 Å². The molecule has 0 amide bonds. The van der Waals surface area contributed by atoms with Gasteiger partial charge in [-0.05, 0) is 43.6 Å². The predicted octanol–water partition coefficient (Wildman–Crippen LogP) is 4.55. The third kappa shape index (κ3) is 6.45. The lowest BCUT2D eigenvalue weighted by molar-refractivity contribution is -0.0835. The van der Waals surface area contributed by atoms with E-state index in [0.29, 0.717) is 11.8 Å². The molecule has 0 spiro atoms. The van der Waals surface area contributed by atoms with Gasteiger partial charge < -0.3 is 20.1 Å². The minimum atomic E-state index is 0.142. The highest BCUT2D eigenvalue weighted by molar-refractivity contribution is 5.79. The molecule has 2 aliphatic rings. The van der Waals surface area contributed by atoms with Gasteiger partial charge in [0.05, 0.1) is 12.2 Å². The normalized spacial score (nSPS) is 28.2. The van der Waals surface area contributed by atoms with Gasteiger partial charge >= 0.3 is 0 Å². The van der Waals surface area contributed by atoms with E-state index in [0.717, 1.165) is 58.1 Å². The van der Waals surface area contributed by atoms with E-state index >= 15 is 0 Å². The third-order valence-corrected chi connectivity index (χ3v) is 6.23. The molecule has 0 aromatic heterocycles. The van der Waals surface area contributed by atoms with Crippen LogP contribution in [0.25, 0.3) is 0 Å². The quantitative estimate of drug-likeness (QED) is 0.529. The smallest absolute Gasteiger partial charge is 0.191 e. The van der Waals surface area contributed by atoms with Crippen LogP contribution in [-0.4, -0.2) is 44.9 Å². The van der Waals surface area contributed by atoms with Crippen LogP contribution in [0.5, 0.6) is 0 Å². The number of aliphatic imine (C=N–C) groups is 1. The molecule has 4 unspecified atom stereocenters. The van der Waals surface area contributed by atoms with Crippen molar-refractivity contribution in [3.8, 4) is 0 Å². The molecular weight excluding hydrogens is 374 g/mol. The Labute approximate surface area is 183 Å². The summed E-state index contributed by atoms with van der Waals surface area (Å²) in [6, 6.07) is 10.6. The number of hydrogen-bond donors (Lipinski definition) is 2. The van der Waals surface area contributed by atoms with Crippen molar-refractivity contribution in [3.63, 3.8) is 0 Å². The Kier molecular flexibility index (Phi) is 8.58. The molecule has 2 heterocycles. The number of nitrogens with one attached hydrogen (secondary N) is 2. The van der Waals surface area contributed by atoms with E-state index < -0.39 is 0 Å². The number of benzene rings is 1. The molecule has 2 fully saturated rings. The minimum absolute atomic E-state index is 0.142. The van der Waals surface area contributed by atoms with Crippen LogP contribution in [0.1, 0.15) is 65.0 Å². The van der Waals surface area contributed by atoms with E-state index in [1.165, 1.54) is 12.0 Å². The molecule has 0 radical (unpaired) electrons. The summed E-state index contributed by atoms with van der Waals surface area (Å²) in [7, 11) is 0. The number of guanidine groups is 1. The number of ether oxygens (including phenoxy) is 2. The van der Waals surface area contributed by atoms with Crippen molar-refractivity contribution in [2.45, 2.75) is 65.6 Å². The van der Waals surface area contributed by atoms with E-state index in [1.54, 1.807) is 0 Å². The summed E-state index contributed by atoms with van der Waals surface area (Å²) in [6.07, 6.45) is 5.05. The van der Waals surface area contributed by atoms with Gasteiger partial charge in [0.2, 0.25) is 0 Å². The van der Waals surface area contributed by atoms with Crippen molar-refractivity contribution in [2.24, 2.45) is 22.2 Å². The first-order chi connectivity index (χ1) is 14.5.